The molecule has 0 N–H and O–H groups in total. The summed E-state index contributed by atoms with van der Waals surface area (Å²) in [6.07, 6.45) is 0. The molecular weight excluding hydrogens is 615 g/mol. The van der Waals surface area contributed by atoms with Crippen LogP contribution in [-0.2, 0) is 5.41 Å². The van der Waals surface area contributed by atoms with Crippen LogP contribution in [0, 0.1) is 20.8 Å². The van der Waals surface area contributed by atoms with E-state index < -0.39 is 0 Å². The van der Waals surface area contributed by atoms with Crippen LogP contribution in [0.25, 0.3) is 60.9 Å². The molecule has 0 atom stereocenters. The summed E-state index contributed by atoms with van der Waals surface area (Å²) in [6.45, 7) is 11.5. The fourth-order valence-electron chi connectivity index (χ4n) is 10.0. The number of fused-ring (bicyclic) bond motifs is 12. The number of benzene rings is 7. The molecule has 0 unspecified atom stereocenters. The Morgan fingerprint density at radius 2 is 1.27 bits per heavy atom. The Labute approximate surface area is 299 Å². The van der Waals surface area contributed by atoms with Crippen LogP contribution >= 0.6 is 0 Å². The first-order valence-corrected chi connectivity index (χ1v) is 18.2. The van der Waals surface area contributed by atoms with E-state index in [0.717, 1.165) is 0 Å². The molecule has 1 aliphatic carbocycles. The van der Waals surface area contributed by atoms with Gasteiger partial charge in [-0.05, 0) is 113 Å². The average Bonchev–Trinajstić information content (AvgIpc) is 3.61. The predicted molar refractivity (Wildman–Crippen MR) is 217 cm³/mol. The van der Waals surface area contributed by atoms with Crippen molar-refractivity contribution in [3.8, 4) is 39.1 Å². The molecule has 2 aliphatic heterocycles. The van der Waals surface area contributed by atoms with E-state index in [4.69, 9.17) is 0 Å². The molecule has 8 aromatic rings. The first kappa shape index (κ1) is 29.0. The molecule has 0 saturated heterocycles. The van der Waals surface area contributed by atoms with Crippen molar-refractivity contribution in [3.05, 3.63) is 161 Å². The third kappa shape index (κ3) is 3.63. The van der Waals surface area contributed by atoms with Crippen molar-refractivity contribution in [1.29, 1.82) is 0 Å². The Morgan fingerprint density at radius 3 is 2.10 bits per heavy atom. The van der Waals surface area contributed by atoms with Crippen molar-refractivity contribution < 1.29 is 0 Å². The highest BCUT2D eigenvalue weighted by molar-refractivity contribution is 6.93. The monoisotopic (exact) mass is 652 g/mol. The van der Waals surface area contributed by atoms with Crippen LogP contribution in [0.5, 0.6) is 0 Å². The molecule has 7 aromatic carbocycles. The summed E-state index contributed by atoms with van der Waals surface area (Å²) in [4.78, 5) is 2.67. The molecule has 0 saturated carbocycles. The zero-order chi connectivity index (χ0) is 34.3. The van der Waals surface area contributed by atoms with Crippen LogP contribution in [0.1, 0.15) is 41.7 Å². The highest BCUT2D eigenvalue weighted by Gasteiger charge is 2.48. The van der Waals surface area contributed by atoms with E-state index in [-0.39, 0.29) is 12.3 Å². The first-order chi connectivity index (χ1) is 24.8. The van der Waals surface area contributed by atoms with E-state index in [0.29, 0.717) is 0 Å². The molecule has 242 valence electrons. The maximum absolute atomic E-state index is 2.67. The van der Waals surface area contributed by atoms with E-state index in [2.05, 4.69) is 177 Å². The number of rotatable bonds is 2. The molecule has 11 rings (SSSR count). The van der Waals surface area contributed by atoms with Gasteiger partial charge in [0.05, 0.1) is 11.0 Å². The second kappa shape index (κ2) is 9.92. The van der Waals surface area contributed by atoms with Gasteiger partial charge in [-0.2, -0.15) is 0 Å². The number of nitrogens with zero attached hydrogens (tertiary/aromatic N) is 2. The van der Waals surface area contributed by atoms with Crippen LogP contribution in [-0.4, -0.2) is 11.4 Å². The molecular formula is C48H37BN2. The van der Waals surface area contributed by atoms with Gasteiger partial charge < -0.3 is 9.38 Å². The van der Waals surface area contributed by atoms with E-state index in [9.17, 15) is 0 Å². The minimum absolute atomic E-state index is 0.000259. The quantitative estimate of drug-likeness (QED) is 0.169. The van der Waals surface area contributed by atoms with Gasteiger partial charge in [0.2, 0.25) is 0 Å². The zero-order valence-corrected chi connectivity index (χ0v) is 29.7. The first-order valence-electron chi connectivity index (χ1n) is 18.2. The molecule has 0 bridgehead atoms. The van der Waals surface area contributed by atoms with Crippen molar-refractivity contribution in [2.45, 2.75) is 40.0 Å². The molecule has 2 nitrogen and oxygen atoms in total. The minimum Gasteiger partial charge on any atom is -0.376 e. The Balaban J connectivity index is 1.40. The second-order valence-electron chi connectivity index (χ2n) is 15.5. The summed E-state index contributed by atoms with van der Waals surface area (Å²) in [5, 5.41) is 2.65. The molecule has 3 heteroatoms. The largest absolute Gasteiger partial charge is 0.376 e. The van der Waals surface area contributed by atoms with Crippen LogP contribution in [0.4, 0.5) is 11.4 Å². The number of hydrogen-bond acceptors (Lipinski definition) is 1. The highest BCUT2D eigenvalue weighted by atomic mass is 15.1. The highest BCUT2D eigenvalue weighted by Crippen LogP contribution is 2.57. The molecule has 0 fully saturated rings. The summed E-state index contributed by atoms with van der Waals surface area (Å²) in [5.41, 5.74) is 23.7. The summed E-state index contributed by atoms with van der Waals surface area (Å²) < 4.78 is 2.60. The van der Waals surface area contributed by atoms with E-state index in [1.54, 1.807) is 0 Å². The minimum atomic E-state index is -0.177. The third-order valence-corrected chi connectivity index (χ3v) is 12.2. The molecule has 3 aliphatic rings. The number of aromatic nitrogens is 1. The molecule has 0 spiro atoms. The lowest BCUT2D eigenvalue weighted by atomic mass is 9.43. The fraction of sp³-hybridized carbons (Fsp3) is 0.125. The SMILES string of the molecule is Cc1ccc(N2B3c4cc(C)ccc4-n4c5ccccc5c5c(-c6ccccc6C)cc(c3c54)-c3c2ccc2c3C(C)(C)c3ccccc3-2)cc1. The number of anilines is 2. The average molecular weight is 653 g/mol. The van der Waals surface area contributed by atoms with Crippen LogP contribution < -0.4 is 15.7 Å². The van der Waals surface area contributed by atoms with Gasteiger partial charge in [0.1, 0.15) is 0 Å². The number of para-hydroxylation sites is 1. The lowest BCUT2D eigenvalue weighted by molar-refractivity contribution is 0.662. The van der Waals surface area contributed by atoms with Crippen molar-refractivity contribution in [1.82, 2.24) is 4.57 Å². The Kier molecular flexibility index (Phi) is 5.64. The molecule has 0 amide bonds. The van der Waals surface area contributed by atoms with Crippen molar-refractivity contribution in [3.63, 3.8) is 0 Å². The fourth-order valence-corrected chi connectivity index (χ4v) is 10.0. The topological polar surface area (TPSA) is 8.17 Å². The maximum Gasteiger partial charge on any atom is 0.333 e. The van der Waals surface area contributed by atoms with Gasteiger partial charge in [-0.25, -0.2) is 0 Å². The normalized spacial score (nSPS) is 14.5. The zero-order valence-electron chi connectivity index (χ0n) is 29.7. The van der Waals surface area contributed by atoms with Crippen LogP contribution in [0.2, 0.25) is 0 Å². The van der Waals surface area contributed by atoms with Gasteiger partial charge in [-0.3, -0.25) is 0 Å². The van der Waals surface area contributed by atoms with Gasteiger partial charge in [-0.1, -0.05) is 122 Å². The molecule has 1 aromatic heterocycles. The lowest BCUT2D eigenvalue weighted by Crippen LogP contribution is -2.60. The number of hydrogen-bond donors (Lipinski definition) is 0. The lowest BCUT2D eigenvalue weighted by Gasteiger charge is -2.44. The van der Waals surface area contributed by atoms with Gasteiger partial charge >= 0.3 is 6.85 Å². The maximum atomic E-state index is 2.67. The van der Waals surface area contributed by atoms with Gasteiger partial charge in [-0.15, -0.1) is 0 Å². The summed E-state index contributed by atoms with van der Waals surface area (Å²) in [7, 11) is 0. The van der Waals surface area contributed by atoms with E-state index in [1.165, 1.54) is 111 Å². The molecule has 51 heavy (non-hydrogen) atoms. The smallest absolute Gasteiger partial charge is 0.333 e. The molecule has 0 radical (unpaired) electrons. The Morgan fingerprint density at radius 1 is 0.569 bits per heavy atom. The third-order valence-electron chi connectivity index (χ3n) is 12.2. The number of aryl methyl sites for hydroxylation is 3. The van der Waals surface area contributed by atoms with Gasteiger partial charge in [0, 0.05) is 38.8 Å². The summed E-state index contributed by atoms with van der Waals surface area (Å²) >= 11 is 0. The van der Waals surface area contributed by atoms with Crippen LogP contribution in [0.3, 0.4) is 0 Å². The Hall–Kier alpha value is -5.80. The van der Waals surface area contributed by atoms with Crippen molar-refractivity contribution in [2.24, 2.45) is 0 Å². The van der Waals surface area contributed by atoms with Crippen molar-refractivity contribution >= 4 is 51.0 Å². The standard InChI is InChI=1S/C48H37BN2/c1-28-18-21-31(22-19-28)51-42-25-23-34-33-14-8-10-16-38(33)48(4,5)45(34)44(42)37-27-36(32-13-7-6-12-30(32)3)43-35-15-9-11-17-40(35)50-41-24-20-29(2)26-39(41)49(51)46(37)47(43)50/h6-27H,1-5H3. The van der Waals surface area contributed by atoms with Gasteiger partial charge in [0.15, 0.2) is 0 Å². The predicted octanol–water partition coefficient (Wildman–Crippen LogP) is 10.9. The van der Waals surface area contributed by atoms with E-state index >= 15 is 0 Å². The van der Waals surface area contributed by atoms with Crippen molar-refractivity contribution in [2.75, 3.05) is 4.81 Å². The Bertz CT molecular complexity index is 2820. The van der Waals surface area contributed by atoms with E-state index in [1.807, 2.05) is 0 Å². The summed E-state index contributed by atoms with van der Waals surface area (Å²) in [5.74, 6) is 0. The summed E-state index contributed by atoms with van der Waals surface area (Å²) in [6, 6.07) is 50.8. The van der Waals surface area contributed by atoms with Gasteiger partial charge in [0.25, 0.3) is 0 Å². The van der Waals surface area contributed by atoms with Crippen LogP contribution in [0.15, 0.2) is 133 Å². The molecule has 3 heterocycles. The second-order valence-corrected chi connectivity index (χ2v) is 15.5.